The van der Waals surface area contributed by atoms with Gasteiger partial charge in [0.05, 0.1) is 11.2 Å². The summed E-state index contributed by atoms with van der Waals surface area (Å²) in [5, 5.41) is 14.8. The highest BCUT2D eigenvalue weighted by Crippen LogP contribution is 2.20. The molecule has 5 aromatic rings. The minimum Gasteiger partial charge on any atom is -0.489 e. The van der Waals surface area contributed by atoms with Gasteiger partial charge < -0.3 is 9.47 Å². The average molecular weight is 435 g/mol. The summed E-state index contributed by atoms with van der Waals surface area (Å²) in [6.07, 6.45) is 3.73. The molecule has 0 saturated carbocycles. The average Bonchev–Trinajstić information content (AvgIpc) is 3.39. The lowest BCUT2D eigenvalue weighted by atomic mass is 10.2. The molecule has 0 spiro atoms. The van der Waals surface area contributed by atoms with Crippen LogP contribution >= 0.6 is 0 Å². The normalized spacial score (nSPS) is 11.2. The van der Waals surface area contributed by atoms with Crippen LogP contribution in [0.3, 0.4) is 0 Å². The Morgan fingerprint density at radius 2 is 1.61 bits per heavy atom. The van der Waals surface area contributed by atoms with Gasteiger partial charge in [-0.25, -0.2) is 10.1 Å². The van der Waals surface area contributed by atoms with Crippen LogP contribution in [0.5, 0.6) is 11.5 Å². The number of pyridine rings is 1. The second-order valence-corrected chi connectivity index (χ2v) is 7.41. The van der Waals surface area contributed by atoms with Crippen LogP contribution in [-0.4, -0.2) is 25.6 Å². The largest absolute Gasteiger partial charge is 0.489 e. The first-order chi connectivity index (χ1) is 16.3. The van der Waals surface area contributed by atoms with Crippen molar-refractivity contribution in [3.8, 4) is 11.5 Å². The number of H-pyrrole nitrogens is 1. The van der Waals surface area contributed by atoms with E-state index in [0.717, 1.165) is 39.2 Å². The first-order valence-corrected chi connectivity index (χ1v) is 10.5. The first-order valence-electron chi connectivity index (χ1n) is 10.5. The van der Waals surface area contributed by atoms with Crippen LogP contribution in [0.15, 0.2) is 84.9 Å². The molecule has 0 atom stereocenters. The van der Waals surface area contributed by atoms with E-state index in [1.807, 2.05) is 84.9 Å². The molecule has 2 aromatic heterocycles. The molecule has 0 radical (unpaired) electrons. The molecule has 0 aliphatic rings. The van der Waals surface area contributed by atoms with Gasteiger partial charge in [-0.05, 0) is 64.0 Å². The predicted octanol–water partition coefficient (Wildman–Crippen LogP) is 5.08. The van der Waals surface area contributed by atoms with Crippen LogP contribution in [0.25, 0.3) is 23.1 Å². The van der Waals surface area contributed by atoms with Gasteiger partial charge in [0.1, 0.15) is 24.7 Å². The fourth-order valence-corrected chi connectivity index (χ4v) is 3.36. The Hall–Kier alpha value is -4.52. The van der Waals surface area contributed by atoms with Crippen LogP contribution < -0.4 is 9.47 Å². The van der Waals surface area contributed by atoms with Crippen LogP contribution in [0.2, 0.25) is 0 Å². The molecule has 5 rings (SSSR count). The number of aromatic amines is 1. The third-order valence-electron chi connectivity index (χ3n) is 5.00. The number of tetrazole rings is 1. The Morgan fingerprint density at radius 1 is 0.758 bits per heavy atom. The highest BCUT2D eigenvalue weighted by atomic mass is 16.5. The number of aromatic nitrogens is 5. The number of rotatable bonds is 8. The summed E-state index contributed by atoms with van der Waals surface area (Å²) in [5.74, 6) is 2.15. The van der Waals surface area contributed by atoms with Crippen molar-refractivity contribution in [1.29, 1.82) is 0 Å². The van der Waals surface area contributed by atoms with Crippen molar-refractivity contribution < 1.29 is 9.47 Å². The van der Waals surface area contributed by atoms with Gasteiger partial charge in [0, 0.05) is 5.39 Å². The summed E-state index contributed by atoms with van der Waals surface area (Å²) in [5.41, 5.74) is 3.87. The Balaban J connectivity index is 1.19. The van der Waals surface area contributed by atoms with Gasteiger partial charge in [-0.1, -0.05) is 54.6 Å². The standard InChI is InChI=1S/C26H21N5O2/c1-2-10-25-21(7-1)12-13-22(27-25)18-33-24-9-4-6-20(16-24)17-32-23-8-3-5-19(15-23)11-14-26-28-30-31-29-26/h1-16H,17-18H2,(H,28,29,30,31). The van der Waals surface area contributed by atoms with Crippen LogP contribution in [0, 0.1) is 0 Å². The Kier molecular flexibility index (Phi) is 6.02. The van der Waals surface area contributed by atoms with E-state index in [1.54, 1.807) is 0 Å². The maximum absolute atomic E-state index is 5.99. The van der Waals surface area contributed by atoms with Crippen molar-refractivity contribution in [3.63, 3.8) is 0 Å². The molecule has 33 heavy (non-hydrogen) atoms. The molecule has 0 unspecified atom stereocenters. The Bertz CT molecular complexity index is 1380. The molecule has 162 valence electrons. The minimum absolute atomic E-state index is 0.407. The first kappa shape index (κ1) is 20.4. The molecule has 0 bridgehead atoms. The van der Waals surface area contributed by atoms with E-state index in [1.165, 1.54) is 0 Å². The monoisotopic (exact) mass is 435 g/mol. The van der Waals surface area contributed by atoms with Crippen molar-refractivity contribution in [1.82, 2.24) is 25.6 Å². The fourth-order valence-electron chi connectivity index (χ4n) is 3.36. The molecule has 1 N–H and O–H groups in total. The number of ether oxygens (including phenoxy) is 2. The zero-order valence-electron chi connectivity index (χ0n) is 17.8. The van der Waals surface area contributed by atoms with Crippen molar-refractivity contribution in [2.75, 3.05) is 0 Å². The summed E-state index contributed by atoms with van der Waals surface area (Å²) < 4.78 is 12.0. The summed E-state index contributed by atoms with van der Waals surface area (Å²) in [6.45, 7) is 0.842. The number of benzene rings is 3. The van der Waals surface area contributed by atoms with Crippen molar-refractivity contribution in [3.05, 3.63) is 108 Å². The maximum Gasteiger partial charge on any atom is 0.172 e. The lowest BCUT2D eigenvalue weighted by Crippen LogP contribution is -2.00. The molecule has 0 fully saturated rings. The van der Waals surface area contributed by atoms with Gasteiger partial charge >= 0.3 is 0 Å². The van der Waals surface area contributed by atoms with Gasteiger partial charge in [-0.2, -0.15) is 0 Å². The summed E-state index contributed by atoms with van der Waals surface area (Å²) in [4.78, 5) is 4.66. The number of hydrogen-bond donors (Lipinski definition) is 1. The van der Waals surface area contributed by atoms with Crippen molar-refractivity contribution in [2.45, 2.75) is 13.2 Å². The predicted molar refractivity (Wildman–Crippen MR) is 126 cm³/mol. The van der Waals surface area contributed by atoms with Gasteiger partial charge in [0.25, 0.3) is 0 Å². The molecule has 7 heteroatoms. The molecule has 0 saturated heterocycles. The molecule has 0 amide bonds. The van der Waals surface area contributed by atoms with Gasteiger partial charge in [0.15, 0.2) is 5.82 Å². The van der Waals surface area contributed by atoms with E-state index in [4.69, 9.17) is 9.47 Å². The fraction of sp³-hybridized carbons (Fsp3) is 0.0769. The third kappa shape index (κ3) is 5.40. The van der Waals surface area contributed by atoms with E-state index in [0.29, 0.717) is 19.0 Å². The lowest BCUT2D eigenvalue weighted by Gasteiger charge is -2.10. The van der Waals surface area contributed by atoms with Crippen LogP contribution in [0.1, 0.15) is 22.6 Å². The van der Waals surface area contributed by atoms with Crippen LogP contribution in [0.4, 0.5) is 0 Å². The summed E-state index contributed by atoms with van der Waals surface area (Å²) in [7, 11) is 0. The number of para-hydroxylation sites is 1. The Labute approximate surface area is 190 Å². The van der Waals surface area contributed by atoms with E-state index < -0.39 is 0 Å². The molecular weight excluding hydrogens is 414 g/mol. The zero-order chi connectivity index (χ0) is 22.3. The summed E-state index contributed by atoms with van der Waals surface area (Å²) in [6, 6.07) is 27.9. The molecule has 0 aliphatic carbocycles. The van der Waals surface area contributed by atoms with E-state index in [2.05, 4.69) is 37.7 Å². The zero-order valence-corrected chi connectivity index (χ0v) is 17.8. The van der Waals surface area contributed by atoms with E-state index in [-0.39, 0.29) is 0 Å². The SMILES string of the molecule is C(=Cc1nnn[nH]1)c1cccc(OCc2cccc(OCc3ccc4ccccc4n3)c2)c1. The third-order valence-corrected chi connectivity index (χ3v) is 5.00. The van der Waals surface area contributed by atoms with Gasteiger partial charge in [-0.15, -0.1) is 5.10 Å². The minimum atomic E-state index is 0.407. The second-order valence-electron chi connectivity index (χ2n) is 7.41. The van der Waals surface area contributed by atoms with Crippen molar-refractivity contribution in [2.24, 2.45) is 0 Å². The lowest BCUT2D eigenvalue weighted by molar-refractivity contribution is 0.293. The number of nitrogens with zero attached hydrogens (tertiary/aromatic N) is 4. The Morgan fingerprint density at radius 3 is 2.52 bits per heavy atom. The van der Waals surface area contributed by atoms with E-state index in [9.17, 15) is 0 Å². The van der Waals surface area contributed by atoms with Gasteiger partial charge in [0.2, 0.25) is 0 Å². The highest BCUT2D eigenvalue weighted by Gasteiger charge is 2.03. The second kappa shape index (κ2) is 9.74. The smallest absolute Gasteiger partial charge is 0.172 e. The highest BCUT2D eigenvalue weighted by molar-refractivity contribution is 5.78. The molecule has 0 aliphatic heterocycles. The number of hydrogen-bond acceptors (Lipinski definition) is 6. The molecule has 7 nitrogen and oxygen atoms in total. The molecule has 3 aromatic carbocycles. The molecular formula is C26H21N5O2. The number of nitrogens with one attached hydrogen (secondary N) is 1. The maximum atomic E-state index is 5.99. The van der Waals surface area contributed by atoms with Gasteiger partial charge in [-0.3, -0.25) is 0 Å². The summed E-state index contributed by atoms with van der Waals surface area (Å²) >= 11 is 0. The topological polar surface area (TPSA) is 85.8 Å². The quantitative estimate of drug-likeness (QED) is 0.366. The van der Waals surface area contributed by atoms with Crippen molar-refractivity contribution >= 4 is 23.1 Å². The van der Waals surface area contributed by atoms with E-state index >= 15 is 0 Å². The number of fused-ring (bicyclic) bond motifs is 1. The van der Waals surface area contributed by atoms with Crippen LogP contribution in [-0.2, 0) is 13.2 Å². The molecule has 2 heterocycles.